The lowest BCUT2D eigenvalue weighted by Crippen LogP contribution is -2.50. The summed E-state index contributed by atoms with van der Waals surface area (Å²) in [4.78, 5) is 55.7. The van der Waals surface area contributed by atoms with Gasteiger partial charge in [0.2, 0.25) is 20.0 Å². The molecule has 0 radical (unpaired) electrons. The van der Waals surface area contributed by atoms with E-state index >= 15 is 0 Å². The predicted octanol–water partition coefficient (Wildman–Crippen LogP) is 7.89. The molecular formula is C59H87N7O13S2. The van der Waals surface area contributed by atoms with Gasteiger partial charge in [-0.1, -0.05) is 24.3 Å². The Kier molecular flexibility index (Phi) is 24.8. The summed E-state index contributed by atoms with van der Waals surface area (Å²) in [5.41, 5.74) is 11.6. The summed E-state index contributed by atoms with van der Waals surface area (Å²) in [5.74, 6) is 1.24. The zero-order chi connectivity index (χ0) is 60.5. The molecule has 4 aromatic carbocycles. The molecule has 4 aromatic rings. The van der Waals surface area contributed by atoms with Gasteiger partial charge in [-0.05, 0) is 158 Å². The fourth-order valence-electron chi connectivity index (χ4n) is 9.08. The summed E-state index contributed by atoms with van der Waals surface area (Å²) >= 11 is 0. The third-order valence-corrected chi connectivity index (χ3v) is 17.6. The molecule has 20 nitrogen and oxygen atoms in total. The Bertz CT molecular complexity index is 2940. The highest BCUT2D eigenvalue weighted by atomic mass is 32.2. The summed E-state index contributed by atoms with van der Waals surface area (Å²) < 4.78 is 79.6. The molecule has 0 aromatic heterocycles. The van der Waals surface area contributed by atoms with Gasteiger partial charge < -0.3 is 49.0 Å². The second-order valence-electron chi connectivity index (χ2n) is 22.0. The number of nitrogens with two attached hydrogens (primary N) is 1. The third-order valence-electron chi connectivity index (χ3n) is 13.3. The first-order valence-corrected chi connectivity index (χ1v) is 30.0. The Hall–Kier alpha value is -6.46. The number of carbonyl (C=O) groups is 4. The Morgan fingerprint density at radius 3 is 1.33 bits per heavy atom. The minimum atomic E-state index is -3.74. The minimum absolute atomic E-state index is 0.0154. The molecule has 0 saturated carbocycles. The maximum absolute atomic E-state index is 13.2. The number of likely N-dealkylation sites (N-methyl/N-ethyl adjacent to an activating group) is 1. The quantitative estimate of drug-likeness (QED) is 0.0535. The van der Waals surface area contributed by atoms with Crippen LogP contribution in [0.1, 0.15) is 87.8 Å². The van der Waals surface area contributed by atoms with E-state index in [-0.39, 0.29) is 53.9 Å². The van der Waals surface area contributed by atoms with Crippen molar-refractivity contribution >= 4 is 55.9 Å². The smallest absolute Gasteiger partial charge is 0.410 e. The average molecular weight is 1170 g/mol. The molecule has 2 N–H and O–H groups in total. The molecule has 22 heteroatoms. The van der Waals surface area contributed by atoms with E-state index in [0.29, 0.717) is 98.9 Å². The monoisotopic (exact) mass is 1170 g/mol. The Morgan fingerprint density at radius 2 is 0.963 bits per heavy atom. The number of sulfonamides is 2. The predicted molar refractivity (Wildman–Crippen MR) is 315 cm³/mol. The van der Waals surface area contributed by atoms with Gasteiger partial charge in [0.05, 0.1) is 24.0 Å². The molecule has 0 unspecified atom stereocenters. The molecule has 0 bridgehead atoms. The van der Waals surface area contributed by atoms with Crippen LogP contribution < -0.4 is 25.0 Å². The van der Waals surface area contributed by atoms with Crippen LogP contribution in [0.2, 0.25) is 0 Å². The van der Waals surface area contributed by atoms with Crippen LogP contribution in [0.4, 0.5) is 21.0 Å². The maximum Gasteiger partial charge on any atom is 0.410 e. The number of nitrogens with zero attached hydrogens (tertiary/aromatic N) is 6. The standard InChI is InChI=1S/C30H43N3O6S.C16H25N3O2.C13H19NO5S/c1-22-19-27(38-7)20-23(2)28(22)40(36,37)31(6)14-13-26(34)12-11-24-9-8-10-25(21-24)32-15-17-33(18-16-32)29(35)39-30(3,4)5;1-16(2,3)21-15(20)19-9-7-18(8-10-19)14-6-4-5-13(11-14)12-17;1-10-7-12(18-4)8-11(2)13(10)20(16,17)14(3)5-6-19-9-15/h8-10,19-21H,11-18H2,1-7H3;4-6,11H,7-10,12,17H2,1-3H3;7-9H,5-6H2,1-4H3. The number of hydrogen-bond donors (Lipinski definition) is 1. The zero-order valence-corrected chi connectivity index (χ0v) is 51.6. The molecule has 2 aliphatic heterocycles. The van der Waals surface area contributed by atoms with Gasteiger partial charge in [-0.15, -0.1) is 0 Å². The van der Waals surface area contributed by atoms with Crippen molar-refractivity contribution in [1.29, 1.82) is 0 Å². The van der Waals surface area contributed by atoms with E-state index in [1.165, 1.54) is 31.2 Å². The number of ether oxygens (including phenoxy) is 5. The number of benzene rings is 4. The van der Waals surface area contributed by atoms with Gasteiger partial charge in [-0.3, -0.25) is 9.59 Å². The van der Waals surface area contributed by atoms with Gasteiger partial charge in [-0.25, -0.2) is 30.7 Å². The van der Waals surface area contributed by atoms with Crippen LogP contribution in [-0.4, -0.2) is 171 Å². The molecule has 2 amide bonds. The first-order valence-electron chi connectivity index (χ1n) is 27.1. The van der Waals surface area contributed by atoms with E-state index < -0.39 is 31.2 Å². The molecule has 6 rings (SSSR count). The average Bonchev–Trinajstić information content (AvgIpc) is 3.53. The van der Waals surface area contributed by atoms with Crippen molar-refractivity contribution in [3.63, 3.8) is 0 Å². The van der Waals surface area contributed by atoms with Crippen LogP contribution in [0, 0.1) is 27.7 Å². The van der Waals surface area contributed by atoms with Crippen molar-refractivity contribution in [3.05, 3.63) is 106 Å². The molecular weight excluding hydrogens is 1080 g/mol. The van der Waals surface area contributed by atoms with Crippen molar-refractivity contribution < 1.29 is 59.7 Å². The molecule has 0 atom stereocenters. The Morgan fingerprint density at radius 1 is 0.580 bits per heavy atom. The molecule has 2 aliphatic rings. The summed E-state index contributed by atoms with van der Waals surface area (Å²) in [7, 11) is -1.32. The van der Waals surface area contributed by atoms with Crippen LogP contribution >= 0.6 is 0 Å². The van der Waals surface area contributed by atoms with Crippen molar-refractivity contribution in [3.8, 4) is 11.5 Å². The summed E-state index contributed by atoms with van der Waals surface area (Å²) in [6, 6.07) is 23.1. The number of carbonyl (C=O) groups excluding carboxylic acids is 4. The van der Waals surface area contributed by atoms with Crippen LogP contribution in [-0.2, 0) is 56.8 Å². The minimum Gasteiger partial charge on any atom is -0.497 e. The van der Waals surface area contributed by atoms with Gasteiger partial charge in [0.1, 0.15) is 35.1 Å². The van der Waals surface area contributed by atoms with Crippen LogP contribution in [0.5, 0.6) is 11.5 Å². The summed E-state index contributed by atoms with van der Waals surface area (Å²) in [5, 5.41) is 0. The SMILES string of the molecule is CC(C)(C)OC(=O)N1CCN(c2cccc(CN)c2)CC1.COc1cc(C)c(S(=O)(=O)N(C)CCC(=O)CCc2cccc(N3CCN(C(=O)OC(C)(C)C)CC3)c2)c(C)c1.COc1cc(C)c(S(=O)(=O)N(C)CCOC=O)c(C)c1. The van der Waals surface area contributed by atoms with E-state index in [1.807, 2.05) is 71.9 Å². The first-order chi connectivity index (χ1) is 37.9. The highest BCUT2D eigenvalue weighted by molar-refractivity contribution is 7.89. The zero-order valence-electron chi connectivity index (χ0n) is 50.0. The first kappa shape index (κ1) is 67.0. The fraction of sp³-hybridized carbons (Fsp3) is 0.525. The third kappa shape index (κ3) is 20.2. The van der Waals surface area contributed by atoms with E-state index in [4.69, 9.17) is 24.7 Å². The number of aryl methyl sites for hydroxylation is 5. The highest BCUT2D eigenvalue weighted by Gasteiger charge is 2.30. The van der Waals surface area contributed by atoms with Crippen molar-refractivity contribution in [2.24, 2.45) is 5.73 Å². The van der Waals surface area contributed by atoms with E-state index in [2.05, 4.69) is 32.7 Å². The lowest BCUT2D eigenvalue weighted by atomic mass is 10.0. The van der Waals surface area contributed by atoms with Gasteiger partial charge in [0, 0.05) is 110 Å². The lowest BCUT2D eigenvalue weighted by molar-refractivity contribution is -0.128. The van der Waals surface area contributed by atoms with Crippen molar-refractivity contribution in [1.82, 2.24) is 18.4 Å². The number of amides is 2. The van der Waals surface area contributed by atoms with Crippen molar-refractivity contribution in [2.75, 3.05) is 110 Å². The molecule has 2 heterocycles. The molecule has 0 aliphatic carbocycles. The summed E-state index contributed by atoms with van der Waals surface area (Å²) in [6.07, 6.45) is 0.559. The molecule has 2 saturated heterocycles. The normalized spacial score (nSPS) is 14.1. The number of rotatable bonds is 19. The number of ketones is 1. The second kappa shape index (κ2) is 30.0. The van der Waals surface area contributed by atoms with Gasteiger partial charge in [0.15, 0.2) is 0 Å². The number of piperazine rings is 2. The molecule has 2 fully saturated rings. The van der Waals surface area contributed by atoms with Gasteiger partial charge in [-0.2, -0.15) is 4.31 Å². The van der Waals surface area contributed by atoms with E-state index in [0.717, 1.165) is 34.2 Å². The number of Topliss-reactive ketones (excluding diaryl/α,β-unsaturated/α-hetero) is 1. The van der Waals surface area contributed by atoms with E-state index in [1.54, 1.807) is 68.9 Å². The fourth-order valence-corrected chi connectivity index (χ4v) is 12.2. The van der Waals surface area contributed by atoms with E-state index in [9.17, 15) is 36.0 Å². The lowest BCUT2D eigenvalue weighted by Gasteiger charge is -2.36. The van der Waals surface area contributed by atoms with Crippen LogP contribution in [0.15, 0.2) is 82.6 Å². The Balaban J connectivity index is 0.000000289. The topological polar surface area (TPSA) is 228 Å². The van der Waals surface area contributed by atoms with Crippen molar-refractivity contribution in [2.45, 2.75) is 116 Å². The Labute approximate surface area is 481 Å². The molecule has 0 spiro atoms. The second-order valence-corrected chi connectivity index (χ2v) is 26.0. The van der Waals surface area contributed by atoms with Gasteiger partial charge >= 0.3 is 12.2 Å². The number of anilines is 2. The van der Waals surface area contributed by atoms with Crippen LogP contribution in [0.25, 0.3) is 0 Å². The molecule has 448 valence electrons. The molecule has 81 heavy (non-hydrogen) atoms. The highest BCUT2D eigenvalue weighted by Crippen LogP contribution is 2.30. The summed E-state index contributed by atoms with van der Waals surface area (Å²) in [6.45, 7) is 24.8. The van der Waals surface area contributed by atoms with Crippen LogP contribution in [0.3, 0.4) is 0 Å². The number of methoxy groups -OCH3 is 2. The largest absolute Gasteiger partial charge is 0.497 e. The maximum atomic E-state index is 13.2. The number of hydrogen-bond acceptors (Lipinski definition) is 16. The van der Waals surface area contributed by atoms with Gasteiger partial charge in [0.25, 0.3) is 6.47 Å².